The number of nitrogens with zero attached hydrogens (tertiary/aromatic N) is 1. The van der Waals surface area contributed by atoms with Gasteiger partial charge in [0.2, 0.25) is 0 Å². The average Bonchev–Trinajstić information content (AvgIpc) is 3.24. The lowest BCUT2D eigenvalue weighted by Crippen LogP contribution is -2.41. The minimum Gasteiger partial charge on any atom is -0.496 e. The van der Waals surface area contributed by atoms with Crippen LogP contribution in [0.5, 0.6) is 5.75 Å². The highest BCUT2D eigenvalue weighted by molar-refractivity contribution is 5.97. The zero-order valence-corrected chi connectivity index (χ0v) is 17.0. The number of benzene rings is 3. The SMILES string of the molecule is COc1ccccc1-c1ccc(C(=O)N2[C@@H](c3ccc(F)cc3)CC[C@H]2C(=O)O)cc1. The normalized spacial score (nSPS) is 18.1. The second-order valence-electron chi connectivity index (χ2n) is 7.49. The number of rotatable bonds is 5. The van der Waals surface area contributed by atoms with E-state index in [0.29, 0.717) is 18.4 Å². The van der Waals surface area contributed by atoms with E-state index < -0.39 is 18.1 Å². The third kappa shape index (κ3) is 4.01. The third-order valence-electron chi connectivity index (χ3n) is 5.71. The molecular weight excluding hydrogens is 397 g/mol. The number of likely N-dealkylation sites (tertiary alicyclic amines) is 1. The van der Waals surface area contributed by atoms with Crippen molar-refractivity contribution < 1.29 is 23.8 Å². The Labute approximate surface area is 179 Å². The zero-order chi connectivity index (χ0) is 22.0. The largest absolute Gasteiger partial charge is 0.496 e. The van der Waals surface area contributed by atoms with Crippen molar-refractivity contribution >= 4 is 11.9 Å². The van der Waals surface area contributed by atoms with Gasteiger partial charge < -0.3 is 14.7 Å². The molecule has 4 rings (SSSR count). The Morgan fingerprint density at radius 2 is 1.65 bits per heavy atom. The lowest BCUT2D eigenvalue weighted by Gasteiger charge is -2.29. The van der Waals surface area contributed by atoms with E-state index in [9.17, 15) is 19.1 Å². The van der Waals surface area contributed by atoms with Crippen LogP contribution >= 0.6 is 0 Å². The van der Waals surface area contributed by atoms with Crippen LogP contribution in [0.25, 0.3) is 11.1 Å². The van der Waals surface area contributed by atoms with Crippen molar-refractivity contribution in [3.8, 4) is 16.9 Å². The van der Waals surface area contributed by atoms with Crippen LogP contribution in [0.15, 0.2) is 72.8 Å². The average molecular weight is 419 g/mol. The molecule has 1 saturated heterocycles. The summed E-state index contributed by atoms with van der Waals surface area (Å²) in [5.74, 6) is -1.04. The molecule has 158 valence electrons. The van der Waals surface area contributed by atoms with Gasteiger partial charge >= 0.3 is 5.97 Å². The fraction of sp³-hybridized carbons (Fsp3) is 0.200. The lowest BCUT2D eigenvalue weighted by molar-refractivity contribution is -0.141. The van der Waals surface area contributed by atoms with Gasteiger partial charge in [-0.25, -0.2) is 9.18 Å². The van der Waals surface area contributed by atoms with E-state index in [1.807, 2.05) is 36.4 Å². The van der Waals surface area contributed by atoms with Gasteiger partial charge in [-0.15, -0.1) is 0 Å². The number of ether oxygens (including phenoxy) is 1. The first kappa shape index (κ1) is 20.6. The van der Waals surface area contributed by atoms with Crippen LogP contribution < -0.4 is 4.74 Å². The molecule has 31 heavy (non-hydrogen) atoms. The van der Waals surface area contributed by atoms with Crippen LogP contribution in [0.2, 0.25) is 0 Å². The molecule has 0 aromatic heterocycles. The van der Waals surface area contributed by atoms with Gasteiger partial charge in [0.05, 0.1) is 13.2 Å². The molecule has 1 aliphatic rings. The summed E-state index contributed by atoms with van der Waals surface area (Å²) in [4.78, 5) is 26.6. The number of methoxy groups -OCH3 is 1. The molecule has 2 atom stereocenters. The number of hydrogen-bond donors (Lipinski definition) is 1. The zero-order valence-electron chi connectivity index (χ0n) is 17.0. The first-order chi connectivity index (χ1) is 15.0. The van der Waals surface area contributed by atoms with Crippen molar-refractivity contribution in [1.82, 2.24) is 4.90 Å². The summed E-state index contributed by atoms with van der Waals surface area (Å²) in [6.07, 6.45) is 0.857. The molecule has 0 unspecified atom stereocenters. The number of carbonyl (C=O) groups is 2. The highest BCUT2D eigenvalue weighted by Crippen LogP contribution is 2.38. The smallest absolute Gasteiger partial charge is 0.326 e. The number of amides is 1. The molecule has 1 N–H and O–H groups in total. The van der Waals surface area contributed by atoms with Gasteiger partial charge in [-0.05, 0) is 54.3 Å². The first-order valence-corrected chi connectivity index (χ1v) is 10.0. The van der Waals surface area contributed by atoms with Gasteiger partial charge in [-0.3, -0.25) is 4.79 Å². The van der Waals surface area contributed by atoms with Crippen molar-refractivity contribution in [2.45, 2.75) is 24.9 Å². The summed E-state index contributed by atoms with van der Waals surface area (Å²) in [5.41, 5.74) is 2.92. The minimum atomic E-state index is -1.04. The summed E-state index contributed by atoms with van der Waals surface area (Å²) >= 11 is 0. The molecule has 0 radical (unpaired) electrons. The molecule has 1 amide bonds. The van der Waals surface area contributed by atoms with E-state index in [1.165, 1.54) is 17.0 Å². The molecule has 1 fully saturated rings. The second-order valence-corrected chi connectivity index (χ2v) is 7.49. The number of carbonyl (C=O) groups excluding carboxylic acids is 1. The van der Waals surface area contributed by atoms with Crippen LogP contribution in [0.3, 0.4) is 0 Å². The Balaban J connectivity index is 1.65. The summed E-state index contributed by atoms with van der Waals surface area (Å²) in [6, 6.07) is 19.2. The van der Waals surface area contributed by atoms with Gasteiger partial charge in [-0.1, -0.05) is 42.5 Å². The number of carboxylic acid groups (broad SMARTS) is 1. The number of halogens is 1. The van der Waals surface area contributed by atoms with Gasteiger partial charge in [0.25, 0.3) is 5.91 Å². The Hall–Kier alpha value is -3.67. The van der Waals surface area contributed by atoms with Gasteiger partial charge in [0.1, 0.15) is 17.6 Å². The molecule has 0 spiro atoms. The number of carboxylic acids is 1. The fourth-order valence-corrected chi connectivity index (χ4v) is 4.17. The summed E-state index contributed by atoms with van der Waals surface area (Å²) in [5, 5.41) is 9.67. The summed E-state index contributed by atoms with van der Waals surface area (Å²) in [7, 11) is 1.60. The highest BCUT2D eigenvalue weighted by Gasteiger charge is 2.41. The maximum absolute atomic E-state index is 13.3. The lowest BCUT2D eigenvalue weighted by atomic mass is 10.0. The molecule has 0 aliphatic carbocycles. The number of para-hydroxylation sites is 1. The van der Waals surface area contributed by atoms with E-state index in [2.05, 4.69) is 0 Å². The van der Waals surface area contributed by atoms with Crippen LogP contribution in [-0.2, 0) is 4.79 Å². The van der Waals surface area contributed by atoms with Crippen molar-refractivity contribution in [3.63, 3.8) is 0 Å². The van der Waals surface area contributed by atoms with Crippen molar-refractivity contribution in [3.05, 3.63) is 89.7 Å². The molecule has 0 bridgehead atoms. The Morgan fingerprint density at radius 3 is 2.29 bits per heavy atom. The van der Waals surface area contributed by atoms with Crippen molar-refractivity contribution in [2.75, 3.05) is 7.11 Å². The molecular formula is C25H22FNO4. The molecule has 1 aliphatic heterocycles. The van der Waals surface area contributed by atoms with E-state index in [1.54, 1.807) is 31.4 Å². The predicted octanol–water partition coefficient (Wildman–Crippen LogP) is 4.93. The van der Waals surface area contributed by atoms with E-state index in [-0.39, 0.29) is 11.7 Å². The fourth-order valence-electron chi connectivity index (χ4n) is 4.17. The molecule has 1 heterocycles. The van der Waals surface area contributed by atoms with Crippen molar-refractivity contribution in [2.24, 2.45) is 0 Å². The summed E-state index contributed by atoms with van der Waals surface area (Å²) in [6.45, 7) is 0. The molecule has 3 aromatic rings. The van der Waals surface area contributed by atoms with Crippen molar-refractivity contribution in [1.29, 1.82) is 0 Å². The molecule has 0 saturated carbocycles. The maximum atomic E-state index is 13.3. The predicted molar refractivity (Wildman–Crippen MR) is 114 cm³/mol. The van der Waals surface area contributed by atoms with E-state index in [0.717, 1.165) is 22.4 Å². The second kappa shape index (κ2) is 8.60. The van der Waals surface area contributed by atoms with Gasteiger partial charge in [0, 0.05) is 11.1 Å². The third-order valence-corrected chi connectivity index (χ3v) is 5.71. The minimum absolute atomic E-state index is 0.350. The highest BCUT2D eigenvalue weighted by atomic mass is 19.1. The Bertz CT molecular complexity index is 1100. The van der Waals surface area contributed by atoms with Crippen LogP contribution in [-0.4, -0.2) is 35.0 Å². The maximum Gasteiger partial charge on any atom is 0.326 e. The number of aliphatic carboxylic acids is 1. The summed E-state index contributed by atoms with van der Waals surface area (Å²) < 4.78 is 18.8. The standard InChI is InChI=1S/C25H22FNO4/c1-31-23-5-3-2-4-20(23)16-6-8-18(9-7-16)24(28)27-21(14-15-22(27)25(29)30)17-10-12-19(26)13-11-17/h2-13,21-22H,14-15H2,1H3,(H,29,30)/t21-,22+/m1/s1. The molecule has 6 heteroatoms. The van der Waals surface area contributed by atoms with E-state index in [4.69, 9.17) is 4.74 Å². The quantitative estimate of drug-likeness (QED) is 0.637. The molecule has 5 nitrogen and oxygen atoms in total. The first-order valence-electron chi connectivity index (χ1n) is 10.0. The van der Waals surface area contributed by atoms with Crippen LogP contribution in [0, 0.1) is 5.82 Å². The van der Waals surface area contributed by atoms with E-state index >= 15 is 0 Å². The van der Waals surface area contributed by atoms with Crippen LogP contribution in [0.1, 0.15) is 34.8 Å². The Morgan fingerprint density at radius 1 is 0.968 bits per heavy atom. The van der Waals surface area contributed by atoms with Crippen LogP contribution in [0.4, 0.5) is 4.39 Å². The molecule has 3 aromatic carbocycles. The monoisotopic (exact) mass is 419 g/mol. The Kier molecular flexibility index (Phi) is 5.71. The van der Waals surface area contributed by atoms with Gasteiger partial charge in [0.15, 0.2) is 0 Å². The topological polar surface area (TPSA) is 66.8 Å². The van der Waals surface area contributed by atoms with Gasteiger partial charge in [-0.2, -0.15) is 0 Å². The number of hydrogen-bond acceptors (Lipinski definition) is 3.